The molecule has 2 aromatic rings. The Morgan fingerprint density at radius 2 is 2.04 bits per heavy atom. The summed E-state index contributed by atoms with van der Waals surface area (Å²) < 4.78 is 41.7. The van der Waals surface area contributed by atoms with Crippen molar-refractivity contribution >= 4 is 24.5 Å². The molecule has 1 atom stereocenters. The van der Waals surface area contributed by atoms with Gasteiger partial charge in [-0.3, -0.25) is 4.79 Å². The molecule has 140 valence electrons. The second-order valence-corrected chi connectivity index (χ2v) is 5.46. The SMILES string of the molecule is CCOC(=O)[C@H](CS)NC(=O)c1ccc(COc2ccc(F)cc2F)o1. The molecule has 0 saturated heterocycles. The van der Waals surface area contributed by atoms with Gasteiger partial charge in [0.25, 0.3) is 5.91 Å². The van der Waals surface area contributed by atoms with E-state index in [1.54, 1.807) is 6.92 Å². The van der Waals surface area contributed by atoms with Gasteiger partial charge in [-0.1, -0.05) is 0 Å². The Balaban J connectivity index is 1.95. The van der Waals surface area contributed by atoms with Gasteiger partial charge in [-0.25, -0.2) is 13.6 Å². The zero-order valence-electron chi connectivity index (χ0n) is 13.8. The fraction of sp³-hybridized carbons (Fsp3) is 0.294. The van der Waals surface area contributed by atoms with Crippen LogP contribution >= 0.6 is 12.6 Å². The summed E-state index contributed by atoms with van der Waals surface area (Å²) in [5.74, 6) is -2.69. The maximum absolute atomic E-state index is 13.5. The van der Waals surface area contributed by atoms with Crippen LogP contribution in [0.3, 0.4) is 0 Å². The summed E-state index contributed by atoms with van der Waals surface area (Å²) in [6, 6.07) is 4.85. The summed E-state index contributed by atoms with van der Waals surface area (Å²) in [6.45, 7) is 1.67. The first-order chi connectivity index (χ1) is 12.4. The molecule has 0 radical (unpaired) electrons. The number of carbonyl (C=O) groups excluding carboxylic acids is 2. The number of amides is 1. The van der Waals surface area contributed by atoms with Crippen LogP contribution < -0.4 is 10.1 Å². The van der Waals surface area contributed by atoms with Gasteiger partial charge in [0.2, 0.25) is 0 Å². The second-order valence-electron chi connectivity index (χ2n) is 5.09. The summed E-state index contributed by atoms with van der Waals surface area (Å²) in [5, 5.41) is 2.44. The van der Waals surface area contributed by atoms with E-state index in [2.05, 4.69) is 17.9 Å². The number of ether oxygens (including phenoxy) is 2. The molecule has 0 fully saturated rings. The average Bonchev–Trinajstić information content (AvgIpc) is 3.08. The average molecular weight is 385 g/mol. The first kappa shape index (κ1) is 19.8. The van der Waals surface area contributed by atoms with E-state index in [0.717, 1.165) is 12.1 Å². The lowest BCUT2D eigenvalue weighted by Crippen LogP contribution is -2.43. The van der Waals surface area contributed by atoms with Crippen molar-refractivity contribution in [1.29, 1.82) is 0 Å². The van der Waals surface area contributed by atoms with Crippen molar-refractivity contribution < 1.29 is 32.3 Å². The highest BCUT2D eigenvalue weighted by Crippen LogP contribution is 2.19. The number of benzene rings is 1. The highest BCUT2D eigenvalue weighted by molar-refractivity contribution is 7.80. The Kier molecular flexibility index (Phi) is 7.02. The third-order valence-corrected chi connectivity index (χ3v) is 3.57. The molecule has 0 aliphatic rings. The van der Waals surface area contributed by atoms with Crippen LogP contribution in [0.25, 0.3) is 0 Å². The van der Waals surface area contributed by atoms with Crippen molar-refractivity contribution in [2.45, 2.75) is 19.6 Å². The highest BCUT2D eigenvalue weighted by atomic mass is 32.1. The van der Waals surface area contributed by atoms with Gasteiger partial charge in [-0.15, -0.1) is 0 Å². The smallest absolute Gasteiger partial charge is 0.329 e. The van der Waals surface area contributed by atoms with Crippen LogP contribution in [-0.2, 0) is 16.1 Å². The lowest BCUT2D eigenvalue weighted by atomic mass is 10.3. The maximum Gasteiger partial charge on any atom is 0.329 e. The third kappa shape index (κ3) is 5.22. The molecule has 1 aromatic carbocycles. The zero-order valence-corrected chi connectivity index (χ0v) is 14.7. The van der Waals surface area contributed by atoms with Gasteiger partial charge in [0.15, 0.2) is 17.3 Å². The summed E-state index contributed by atoms with van der Waals surface area (Å²) in [5.41, 5.74) is 0. The summed E-state index contributed by atoms with van der Waals surface area (Å²) in [7, 11) is 0. The Morgan fingerprint density at radius 3 is 2.69 bits per heavy atom. The Labute approximate surface area is 153 Å². The third-order valence-electron chi connectivity index (χ3n) is 3.21. The molecule has 26 heavy (non-hydrogen) atoms. The first-order valence-corrected chi connectivity index (χ1v) is 8.32. The number of hydrogen-bond donors (Lipinski definition) is 2. The number of carbonyl (C=O) groups is 2. The van der Waals surface area contributed by atoms with Crippen LogP contribution in [0.4, 0.5) is 8.78 Å². The number of rotatable bonds is 8. The number of halogens is 2. The predicted octanol–water partition coefficient (Wildman–Crippen LogP) is 2.73. The maximum atomic E-state index is 13.5. The van der Waals surface area contributed by atoms with E-state index in [0.29, 0.717) is 6.07 Å². The van der Waals surface area contributed by atoms with Crippen LogP contribution in [0, 0.1) is 11.6 Å². The molecule has 1 N–H and O–H groups in total. The summed E-state index contributed by atoms with van der Waals surface area (Å²) >= 11 is 4.00. The lowest BCUT2D eigenvalue weighted by molar-refractivity contribution is -0.144. The van der Waals surface area contributed by atoms with Crippen molar-refractivity contribution in [3.8, 4) is 5.75 Å². The minimum absolute atomic E-state index is 0.0562. The van der Waals surface area contributed by atoms with E-state index in [1.165, 1.54) is 12.1 Å². The highest BCUT2D eigenvalue weighted by Gasteiger charge is 2.22. The van der Waals surface area contributed by atoms with Gasteiger partial charge < -0.3 is 19.2 Å². The fourth-order valence-electron chi connectivity index (χ4n) is 1.97. The summed E-state index contributed by atoms with van der Waals surface area (Å²) in [4.78, 5) is 23.8. The minimum Gasteiger partial charge on any atom is -0.483 e. The van der Waals surface area contributed by atoms with Gasteiger partial charge in [-0.2, -0.15) is 12.6 Å². The predicted molar refractivity (Wildman–Crippen MR) is 91.1 cm³/mol. The zero-order chi connectivity index (χ0) is 19.1. The topological polar surface area (TPSA) is 77.8 Å². The van der Waals surface area contributed by atoms with Crippen LogP contribution in [0.5, 0.6) is 5.75 Å². The van der Waals surface area contributed by atoms with Gasteiger partial charge in [0, 0.05) is 11.8 Å². The molecule has 6 nitrogen and oxygen atoms in total. The largest absolute Gasteiger partial charge is 0.483 e. The van der Waals surface area contributed by atoms with Crippen molar-refractivity contribution in [2.24, 2.45) is 0 Å². The number of hydrogen-bond acceptors (Lipinski definition) is 6. The monoisotopic (exact) mass is 385 g/mol. The fourth-order valence-corrected chi connectivity index (χ4v) is 2.21. The van der Waals surface area contributed by atoms with Gasteiger partial charge >= 0.3 is 5.97 Å². The van der Waals surface area contributed by atoms with E-state index in [4.69, 9.17) is 13.9 Å². The standard InChI is InChI=1S/C17H17F2NO5S/c1-2-23-17(22)13(9-26)20-16(21)15-6-4-11(25-15)8-24-14-5-3-10(18)7-12(14)19/h3-7,13,26H,2,8-9H2,1H3,(H,20,21)/t13-/m0/s1. The van der Waals surface area contributed by atoms with E-state index < -0.39 is 29.6 Å². The lowest BCUT2D eigenvalue weighted by Gasteiger charge is -2.13. The van der Waals surface area contributed by atoms with E-state index >= 15 is 0 Å². The molecule has 0 spiro atoms. The molecule has 9 heteroatoms. The molecular formula is C17H17F2NO5S. The quantitative estimate of drug-likeness (QED) is 0.540. The normalized spacial score (nSPS) is 11.7. The van der Waals surface area contributed by atoms with Crippen molar-refractivity contribution in [2.75, 3.05) is 12.4 Å². The van der Waals surface area contributed by atoms with E-state index in [9.17, 15) is 18.4 Å². The van der Waals surface area contributed by atoms with Gasteiger partial charge in [-0.05, 0) is 31.2 Å². The number of esters is 1. The molecule has 0 aliphatic heterocycles. The number of thiol groups is 1. The van der Waals surface area contributed by atoms with Gasteiger partial charge in [0.05, 0.1) is 6.61 Å². The van der Waals surface area contributed by atoms with Crippen LogP contribution in [0.2, 0.25) is 0 Å². The first-order valence-electron chi connectivity index (χ1n) is 7.69. The molecule has 0 saturated carbocycles. The Bertz CT molecular complexity index is 780. The molecule has 2 rings (SSSR count). The molecule has 0 unspecified atom stereocenters. The molecule has 1 aromatic heterocycles. The minimum atomic E-state index is -0.913. The number of furan rings is 1. The van der Waals surface area contributed by atoms with Crippen molar-refractivity contribution in [3.05, 3.63) is 53.5 Å². The number of nitrogens with one attached hydrogen (secondary N) is 1. The molecule has 1 amide bonds. The molecule has 0 aliphatic carbocycles. The van der Waals surface area contributed by atoms with Crippen LogP contribution in [0.1, 0.15) is 23.2 Å². The summed E-state index contributed by atoms with van der Waals surface area (Å²) in [6.07, 6.45) is 0. The van der Waals surface area contributed by atoms with Gasteiger partial charge in [0.1, 0.15) is 24.2 Å². The van der Waals surface area contributed by atoms with Crippen molar-refractivity contribution in [1.82, 2.24) is 5.32 Å². The van der Waals surface area contributed by atoms with E-state index in [1.807, 2.05) is 0 Å². The molecular weight excluding hydrogens is 368 g/mol. The molecule has 0 bridgehead atoms. The van der Waals surface area contributed by atoms with Crippen LogP contribution in [-0.4, -0.2) is 30.3 Å². The Hall–Kier alpha value is -2.55. The van der Waals surface area contributed by atoms with Crippen LogP contribution in [0.15, 0.2) is 34.7 Å². The Morgan fingerprint density at radius 1 is 1.27 bits per heavy atom. The second kappa shape index (κ2) is 9.23. The van der Waals surface area contributed by atoms with E-state index in [-0.39, 0.29) is 36.2 Å². The molecule has 1 heterocycles. The van der Waals surface area contributed by atoms with Crippen molar-refractivity contribution in [3.63, 3.8) is 0 Å².